The molecular weight excluding hydrogens is 260 g/mol. The molecular formula is C17H30N4. The average Bonchev–Trinajstić information content (AvgIpc) is 2.40. The van der Waals surface area contributed by atoms with Gasteiger partial charge in [-0.3, -0.25) is 0 Å². The normalized spacial score (nSPS) is 23.1. The largest absolute Gasteiger partial charge is 0.383 e. The number of hydrogen-bond acceptors (Lipinski definition) is 4. The Morgan fingerprint density at radius 2 is 1.76 bits per heavy atom. The molecule has 0 spiro atoms. The number of aromatic nitrogens is 2. The first-order chi connectivity index (χ1) is 9.71. The van der Waals surface area contributed by atoms with Crippen molar-refractivity contribution in [1.82, 2.24) is 9.97 Å². The van der Waals surface area contributed by atoms with Crippen molar-refractivity contribution in [2.75, 3.05) is 17.7 Å². The van der Waals surface area contributed by atoms with Gasteiger partial charge in [0.2, 0.25) is 0 Å². The first kappa shape index (κ1) is 16.1. The molecule has 0 aliphatic heterocycles. The van der Waals surface area contributed by atoms with E-state index in [0.29, 0.717) is 17.8 Å². The minimum atomic E-state index is -0.0877. The molecule has 21 heavy (non-hydrogen) atoms. The molecule has 2 rings (SSSR count). The lowest BCUT2D eigenvalue weighted by molar-refractivity contribution is 0.320. The monoisotopic (exact) mass is 290 g/mol. The van der Waals surface area contributed by atoms with Gasteiger partial charge in [0.05, 0.1) is 0 Å². The third-order valence-electron chi connectivity index (χ3n) is 4.73. The van der Waals surface area contributed by atoms with Crippen LogP contribution in [0.2, 0.25) is 0 Å². The molecule has 2 unspecified atom stereocenters. The number of nitrogens with zero attached hydrogens (tertiary/aromatic N) is 3. The van der Waals surface area contributed by atoms with E-state index in [0.717, 1.165) is 17.2 Å². The van der Waals surface area contributed by atoms with Crippen LogP contribution in [0, 0.1) is 12.8 Å². The van der Waals surface area contributed by atoms with E-state index in [1.54, 1.807) is 0 Å². The van der Waals surface area contributed by atoms with Crippen LogP contribution in [-0.2, 0) is 5.41 Å². The molecule has 1 aromatic heterocycles. The predicted molar refractivity (Wildman–Crippen MR) is 89.7 cm³/mol. The third-order valence-corrected chi connectivity index (χ3v) is 4.73. The van der Waals surface area contributed by atoms with Gasteiger partial charge in [0.15, 0.2) is 0 Å². The Labute approximate surface area is 129 Å². The summed E-state index contributed by atoms with van der Waals surface area (Å²) in [5.74, 6) is 3.15. The minimum absolute atomic E-state index is 0.0877. The molecule has 0 bridgehead atoms. The fourth-order valence-corrected chi connectivity index (χ4v) is 3.23. The van der Waals surface area contributed by atoms with Crippen molar-refractivity contribution >= 4 is 11.6 Å². The molecule has 4 heteroatoms. The average molecular weight is 290 g/mol. The van der Waals surface area contributed by atoms with Gasteiger partial charge in [0.1, 0.15) is 17.5 Å². The zero-order chi connectivity index (χ0) is 15.8. The van der Waals surface area contributed by atoms with E-state index >= 15 is 0 Å². The lowest BCUT2D eigenvalue weighted by atomic mass is 9.85. The Kier molecular flexibility index (Phi) is 4.45. The van der Waals surface area contributed by atoms with Gasteiger partial charge in [-0.1, -0.05) is 40.5 Å². The van der Waals surface area contributed by atoms with E-state index in [2.05, 4.69) is 44.6 Å². The van der Waals surface area contributed by atoms with Crippen molar-refractivity contribution in [3.63, 3.8) is 0 Å². The summed E-state index contributed by atoms with van der Waals surface area (Å²) >= 11 is 0. The van der Waals surface area contributed by atoms with Crippen molar-refractivity contribution in [3.05, 3.63) is 11.4 Å². The number of nitrogens with two attached hydrogens (primary N) is 1. The van der Waals surface area contributed by atoms with E-state index < -0.39 is 0 Å². The maximum atomic E-state index is 6.14. The molecule has 1 aliphatic carbocycles. The SMILES string of the molecule is Cc1c(N)nc(C(C)(C)C)nc1N(C)C1CCCCC1C. The van der Waals surface area contributed by atoms with Crippen molar-refractivity contribution in [3.8, 4) is 0 Å². The molecule has 0 amide bonds. The standard InChI is InChI=1S/C17H30N4/c1-11-9-7-8-10-13(11)21(6)15-12(2)14(18)19-16(20-15)17(3,4)5/h11,13H,7-10H2,1-6H3,(H2,18,19,20). The minimum Gasteiger partial charge on any atom is -0.383 e. The molecule has 2 N–H and O–H groups in total. The van der Waals surface area contributed by atoms with Crippen LogP contribution >= 0.6 is 0 Å². The zero-order valence-corrected chi connectivity index (χ0v) is 14.4. The van der Waals surface area contributed by atoms with Crippen molar-refractivity contribution in [2.24, 2.45) is 5.92 Å². The second-order valence-corrected chi connectivity index (χ2v) is 7.57. The summed E-state index contributed by atoms with van der Waals surface area (Å²) in [6.07, 6.45) is 5.21. The molecule has 0 radical (unpaired) electrons. The molecule has 1 heterocycles. The fourth-order valence-electron chi connectivity index (χ4n) is 3.23. The highest BCUT2D eigenvalue weighted by atomic mass is 15.2. The van der Waals surface area contributed by atoms with Gasteiger partial charge < -0.3 is 10.6 Å². The van der Waals surface area contributed by atoms with E-state index in [4.69, 9.17) is 10.7 Å². The van der Waals surface area contributed by atoms with E-state index in [1.165, 1.54) is 25.7 Å². The maximum Gasteiger partial charge on any atom is 0.138 e. The van der Waals surface area contributed by atoms with Crippen LogP contribution in [0.1, 0.15) is 64.8 Å². The Morgan fingerprint density at radius 3 is 2.33 bits per heavy atom. The summed E-state index contributed by atoms with van der Waals surface area (Å²) < 4.78 is 0. The predicted octanol–water partition coefficient (Wildman–Crippen LogP) is 3.68. The molecule has 2 atom stereocenters. The molecule has 1 saturated carbocycles. The Bertz CT molecular complexity index is 504. The first-order valence-corrected chi connectivity index (χ1v) is 8.09. The van der Waals surface area contributed by atoms with Gasteiger partial charge in [-0.25, -0.2) is 9.97 Å². The molecule has 118 valence electrons. The number of rotatable bonds is 2. The van der Waals surface area contributed by atoms with Crippen LogP contribution in [0.25, 0.3) is 0 Å². The van der Waals surface area contributed by atoms with Gasteiger partial charge in [0, 0.05) is 24.1 Å². The van der Waals surface area contributed by atoms with E-state index in [1.807, 2.05) is 6.92 Å². The van der Waals surface area contributed by atoms with Crippen LogP contribution in [0.15, 0.2) is 0 Å². The van der Waals surface area contributed by atoms with Gasteiger partial charge >= 0.3 is 0 Å². The van der Waals surface area contributed by atoms with Crippen molar-refractivity contribution in [1.29, 1.82) is 0 Å². The van der Waals surface area contributed by atoms with Crippen molar-refractivity contribution in [2.45, 2.75) is 71.8 Å². The van der Waals surface area contributed by atoms with Crippen LogP contribution in [0.3, 0.4) is 0 Å². The smallest absolute Gasteiger partial charge is 0.138 e. The Balaban J connectivity index is 2.40. The van der Waals surface area contributed by atoms with Crippen LogP contribution in [-0.4, -0.2) is 23.1 Å². The third kappa shape index (κ3) is 3.30. The highest BCUT2D eigenvalue weighted by Crippen LogP contribution is 2.33. The summed E-state index contributed by atoms with van der Waals surface area (Å²) in [4.78, 5) is 11.7. The number of anilines is 2. The quantitative estimate of drug-likeness (QED) is 0.902. The Morgan fingerprint density at radius 1 is 1.14 bits per heavy atom. The summed E-state index contributed by atoms with van der Waals surface area (Å²) in [6.45, 7) is 10.8. The molecule has 0 saturated heterocycles. The molecule has 1 aliphatic rings. The van der Waals surface area contributed by atoms with Crippen LogP contribution < -0.4 is 10.6 Å². The van der Waals surface area contributed by atoms with Gasteiger partial charge in [-0.2, -0.15) is 0 Å². The van der Waals surface area contributed by atoms with Crippen molar-refractivity contribution < 1.29 is 0 Å². The molecule has 0 aromatic carbocycles. The lowest BCUT2D eigenvalue weighted by Crippen LogP contribution is -2.40. The van der Waals surface area contributed by atoms with Gasteiger partial charge in [0.25, 0.3) is 0 Å². The van der Waals surface area contributed by atoms with Gasteiger partial charge in [-0.15, -0.1) is 0 Å². The second kappa shape index (κ2) is 5.82. The van der Waals surface area contributed by atoms with Crippen LogP contribution in [0.4, 0.5) is 11.6 Å². The Hall–Kier alpha value is -1.32. The number of hydrogen-bond donors (Lipinski definition) is 1. The lowest BCUT2D eigenvalue weighted by Gasteiger charge is -2.38. The van der Waals surface area contributed by atoms with E-state index in [9.17, 15) is 0 Å². The fraction of sp³-hybridized carbons (Fsp3) is 0.765. The summed E-state index contributed by atoms with van der Waals surface area (Å²) in [5.41, 5.74) is 7.06. The molecule has 1 aromatic rings. The summed E-state index contributed by atoms with van der Waals surface area (Å²) in [7, 11) is 2.16. The topological polar surface area (TPSA) is 55.0 Å². The number of nitrogen functional groups attached to an aromatic ring is 1. The highest BCUT2D eigenvalue weighted by Gasteiger charge is 2.28. The zero-order valence-electron chi connectivity index (χ0n) is 14.4. The van der Waals surface area contributed by atoms with Crippen LogP contribution in [0.5, 0.6) is 0 Å². The first-order valence-electron chi connectivity index (χ1n) is 8.09. The van der Waals surface area contributed by atoms with E-state index in [-0.39, 0.29) is 5.41 Å². The second-order valence-electron chi connectivity index (χ2n) is 7.57. The summed E-state index contributed by atoms with van der Waals surface area (Å²) in [6, 6.07) is 0.555. The molecule has 1 fully saturated rings. The maximum absolute atomic E-state index is 6.14. The molecule has 4 nitrogen and oxygen atoms in total. The summed E-state index contributed by atoms with van der Waals surface area (Å²) in [5, 5.41) is 0. The highest BCUT2D eigenvalue weighted by molar-refractivity contribution is 5.57. The van der Waals surface area contributed by atoms with Gasteiger partial charge in [-0.05, 0) is 25.7 Å².